The van der Waals surface area contributed by atoms with Crippen LogP contribution in [0.25, 0.3) is 0 Å². The third-order valence-electron chi connectivity index (χ3n) is 2.28. The first-order valence-corrected chi connectivity index (χ1v) is 4.55. The van der Waals surface area contributed by atoms with Crippen LogP contribution in [0.1, 0.15) is 25.3 Å². The molecular weight excluding hydrogens is 176 g/mol. The van der Waals surface area contributed by atoms with Gasteiger partial charge in [-0.05, 0) is 19.4 Å². The van der Waals surface area contributed by atoms with Crippen LogP contribution >= 0.6 is 0 Å². The number of carbonyl (C=O) groups is 1. The lowest BCUT2D eigenvalue weighted by atomic mass is 9.92. The van der Waals surface area contributed by atoms with E-state index in [0.29, 0.717) is 0 Å². The summed E-state index contributed by atoms with van der Waals surface area (Å²) in [5, 5.41) is 10.9. The van der Waals surface area contributed by atoms with Crippen molar-refractivity contribution in [1.82, 2.24) is 0 Å². The van der Waals surface area contributed by atoms with Crippen LogP contribution in [0.5, 0.6) is 0 Å². The third kappa shape index (κ3) is 2.22. The molecule has 0 bridgehead atoms. The Morgan fingerprint density at radius 3 is 2.29 bits per heavy atom. The molecule has 0 spiro atoms. The van der Waals surface area contributed by atoms with Gasteiger partial charge in [-0.1, -0.05) is 42.0 Å². The Hall–Kier alpha value is -1.57. The average Bonchev–Trinajstić information content (AvgIpc) is 2.19. The van der Waals surface area contributed by atoms with Crippen molar-refractivity contribution in [3.8, 4) is 0 Å². The molecule has 0 saturated heterocycles. The monoisotopic (exact) mass is 189 g/mol. The summed E-state index contributed by atoms with van der Waals surface area (Å²) in [5.41, 5.74) is 1.57. The van der Waals surface area contributed by atoms with Crippen LogP contribution in [0, 0.1) is 0 Å². The molecule has 14 heavy (non-hydrogen) atoms. The van der Waals surface area contributed by atoms with E-state index < -0.39 is 11.9 Å². The first-order chi connectivity index (χ1) is 6.66. The lowest BCUT2D eigenvalue weighted by Gasteiger charge is -2.11. The Balaban J connectivity index is 3.08. The molecule has 1 aromatic carbocycles. The summed E-state index contributed by atoms with van der Waals surface area (Å²) in [5.74, 6) is -1.67. The molecule has 0 amide bonds. The predicted molar refractivity (Wildman–Crippen MR) is 54.3 cm³/mol. The van der Waals surface area contributed by atoms with Crippen molar-refractivity contribution >= 4 is 5.97 Å². The van der Waals surface area contributed by atoms with Gasteiger partial charge in [0.1, 0.15) is 5.92 Å². The average molecular weight is 189 g/mol. The van der Waals surface area contributed by atoms with Crippen molar-refractivity contribution in [2.24, 2.45) is 0 Å². The van der Waals surface area contributed by atoms with Gasteiger partial charge in [0.05, 0.1) is 0 Å². The summed E-state index contributed by atoms with van der Waals surface area (Å²) in [6, 6.07) is 9.12. The Bertz CT molecular complexity index is 339. The van der Waals surface area contributed by atoms with Crippen molar-refractivity contribution in [1.29, 1.82) is 0 Å². The second-order valence-electron chi connectivity index (χ2n) is 3.20. The minimum absolute atomic E-state index is 0.624. The number of carbonyl (C=O) groups excluding carboxylic acids is 1. The fourth-order valence-corrected chi connectivity index (χ4v) is 1.40. The third-order valence-corrected chi connectivity index (χ3v) is 2.28. The van der Waals surface area contributed by atoms with Gasteiger partial charge in [0.15, 0.2) is 0 Å². The number of allylic oxidation sites excluding steroid dienone is 1. The van der Waals surface area contributed by atoms with Crippen LogP contribution in [0.2, 0.25) is 0 Å². The van der Waals surface area contributed by atoms with Crippen LogP contribution < -0.4 is 0 Å². The second-order valence-corrected chi connectivity index (χ2v) is 3.20. The van der Waals surface area contributed by atoms with E-state index in [-0.39, 0.29) is 0 Å². The Labute approximate surface area is 83.9 Å². The predicted octanol–water partition coefficient (Wildman–Crippen LogP) is 2.69. The summed E-state index contributed by atoms with van der Waals surface area (Å²) in [6.45, 7) is 3.63. The van der Waals surface area contributed by atoms with Crippen molar-refractivity contribution in [3.05, 3.63) is 47.5 Å². The Kier molecular flexibility index (Phi) is 3.46. The van der Waals surface area contributed by atoms with Crippen LogP contribution in [-0.4, -0.2) is 5.97 Å². The number of rotatable bonds is 3. The molecule has 1 unspecified atom stereocenters. The van der Waals surface area contributed by atoms with Gasteiger partial charge in [0.2, 0.25) is 0 Å². The van der Waals surface area contributed by atoms with Crippen LogP contribution in [0.3, 0.4) is 0 Å². The minimum atomic E-state index is -1.05. The molecule has 1 radical (unpaired) electrons. The zero-order valence-electron chi connectivity index (χ0n) is 8.36. The zero-order valence-corrected chi connectivity index (χ0v) is 8.36. The highest BCUT2D eigenvalue weighted by atomic mass is 16.4. The summed E-state index contributed by atoms with van der Waals surface area (Å²) in [6.07, 6.45) is 1.80. The Morgan fingerprint density at radius 2 is 1.86 bits per heavy atom. The number of hydrogen-bond acceptors (Lipinski definition) is 1. The van der Waals surface area contributed by atoms with Crippen molar-refractivity contribution in [3.63, 3.8) is 0 Å². The van der Waals surface area contributed by atoms with Gasteiger partial charge in [-0.25, -0.2) is 9.90 Å². The van der Waals surface area contributed by atoms with Gasteiger partial charge in [-0.2, -0.15) is 0 Å². The Morgan fingerprint density at radius 1 is 1.29 bits per heavy atom. The van der Waals surface area contributed by atoms with Crippen LogP contribution in [-0.2, 0) is 9.90 Å². The molecule has 0 heterocycles. The maximum atomic E-state index is 10.9. The first-order valence-electron chi connectivity index (χ1n) is 4.55. The van der Waals surface area contributed by atoms with Gasteiger partial charge in [0, 0.05) is 0 Å². The highest BCUT2D eigenvalue weighted by Gasteiger charge is 2.22. The highest BCUT2D eigenvalue weighted by molar-refractivity contribution is 5.79. The number of hydrogen-bond donors (Lipinski definition) is 0. The van der Waals surface area contributed by atoms with E-state index in [1.54, 1.807) is 25.1 Å². The van der Waals surface area contributed by atoms with E-state index in [0.717, 1.165) is 11.1 Å². The maximum absolute atomic E-state index is 10.9. The van der Waals surface area contributed by atoms with Gasteiger partial charge in [-0.3, -0.25) is 0 Å². The summed E-state index contributed by atoms with van der Waals surface area (Å²) < 4.78 is 0. The lowest BCUT2D eigenvalue weighted by molar-refractivity contribution is -0.143. The van der Waals surface area contributed by atoms with E-state index >= 15 is 0 Å². The second kappa shape index (κ2) is 4.61. The maximum Gasteiger partial charge on any atom is 0.366 e. The quantitative estimate of drug-likeness (QED) is 0.673. The minimum Gasteiger partial charge on any atom is -0.246 e. The summed E-state index contributed by atoms with van der Waals surface area (Å²) in [4.78, 5) is 10.9. The van der Waals surface area contributed by atoms with E-state index in [2.05, 4.69) is 0 Å². The standard InChI is InChI=1S/C12H13O2/c1-3-9(2)11(12(13)14)10-7-5-4-6-8-10/h3-8,11H,1-2H3. The molecular formula is C12H13O2. The van der Waals surface area contributed by atoms with Gasteiger partial charge >= 0.3 is 5.97 Å². The van der Waals surface area contributed by atoms with Crippen molar-refractivity contribution in [2.75, 3.05) is 0 Å². The molecule has 73 valence electrons. The molecule has 0 N–H and O–H groups in total. The molecule has 0 aliphatic rings. The molecule has 1 atom stereocenters. The van der Waals surface area contributed by atoms with Gasteiger partial charge in [0.25, 0.3) is 0 Å². The summed E-state index contributed by atoms with van der Waals surface area (Å²) >= 11 is 0. The molecule has 2 heteroatoms. The topological polar surface area (TPSA) is 37.0 Å². The molecule has 0 fully saturated rings. The van der Waals surface area contributed by atoms with E-state index in [9.17, 15) is 9.90 Å². The van der Waals surface area contributed by atoms with Crippen molar-refractivity contribution < 1.29 is 9.90 Å². The SMILES string of the molecule is CC=C(C)C(C([O])=O)c1ccccc1. The molecule has 1 aromatic rings. The van der Waals surface area contributed by atoms with Gasteiger partial charge in [-0.15, -0.1) is 0 Å². The number of benzene rings is 1. The zero-order chi connectivity index (χ0) is 10.6. The summed E-state index contributed by atoms with van der Waals surface area (Å²) in [7, 11) is 0. The first kappa shape index (κ1) is 10.5. The van der Waals surface area contributed by atoms with E-state index in [1.165, 1.54) is 0 Å². The molecule has 0 aliphatic carbocycles. The smallest absolute Gasteiger partial charge is 0.246 e. The van der Waals surface area contributed by atoms with Crippen LogP contribution in [0.15, 0.2) is 42.0 Å². The fraction of sp³-hybridized carbons (Fsp3) is 0.250. The molecule has 0 saturated carbocycles. The van der Waals surface area contributed by atoms with E-state index in [4.69, 9.17) is 0 Å². The molecule has 0 aromatic heterocycles. The molecule has 2 nitrogen and oxygen atoms in total. The fourth-order valence-electron chi connectivity index (χ4n) is 1.40. The van der Waals surface area contributed by atoms with E-state index in [1.807, 2.05) is 25.1 Å². The van der Waals surface area contributed by atoms with Crippen LogP contribution in [0.4, 0.5) is 0 Å². The largest absolute Gasteiger partial charge is 0.366 e. The molecule has 1 rings (SSSR count). The van der Waals surface area contributed by atoms with Gasteiger partial charge < -0.3 is 0 Å². The lowest BCUT2D eigenvalue weighted by Crippen LogP contribution is -2.11. The van der Waals surface area contributed by atoms with Crippen molar-refractivity contribution in [2.45, 2.75) is 19.8 Å². The highest BCUT2D eigenvalue weighted by Crippen LogP contribution is 2.24. The normalized spacial score (nSPS) is 13.7. The molecule has 0 aliphatic heterocycles.